The molecule has 0 saturated heterocycles. The maximum Gasteiger partial charge on any atom is 0.339 e. The summed E-state index contributed by atoms with van der Waals surface area (Å²) in [5.74, 6) is 0.544. The first-order chi connectivity index (χ1) is 11.7. The molecular weight excluding hydrogens is 312 g/mol. The number of nitrogens with one attached hydrogen (secondary N) is 2. The van der Waals surface area contributed by atoms with E-state index in [0.717, 1.165) is 0 Å². The standard InChI is InChI=1S/C17H18N2O5/c1-22-14-9-5-6-10-15(14)24-11-18-17(21)19-13-8-4-3-7-12(13)16(20)23-2/h3-10H,11H2,1-2H3,(H2,18,19,21). The Hall–Kier alpha value is -3.22. The number of amides is 2. The van der Waals surface area contributed by atoms with Gasteiger partial charge in [-0.05, 0) is 24.3 Å². The number of benzene rings is 2. The molecule has 2 aromatic carbocycles. The highest BCUT2D eigenvalue weighted by molar-refractivity contribution is 6.00. The normalized spacial score (nSPS) is 9.75. The minimum absolute atomic E-state index is 0.0629. The van der Waals surface area contributed by atoms with Gasteiger partial charge in [-0.25, -0.2) is 9.59 Å². The number of rotatable bonds is 6. The van der Waals surface area contributed by atoms with Crippen LogP contribution in [0.5, 0.6) is 11.5 Å². The molecule has 2 N–H and O–H groups in total. The van der Waals surface area contributed by atoms with Crippen LogP contribution in [0.25, 0.3) is 0 Å². The predicted octanol–water partition coefficient (Wildman–Crippen LogP) is 2.64. The smallest absolute Gasteiger partial charge is 0.339 e. The molecule has 2 amide bonds. The average molecular weight is 330 g/mol. The summed E-state index contributed by atoms with van der Waals surface area (Å²) in [6, 6.07) is 13.1. The second kappa shape index (κ2) is 8.42. The Morgan fingerprint density at radius 1 is 0.958 bits per heavy atom. The first-order valence-corrected chi connectivity index (χ1v) is 7.13. The molecule has 0 spiro atoms. The molecule has 0 unspecified atom stereocenters. The zero-order valence-electron chi connectivity index (χ0n) is 13.4. The van der Waals surface area contributed by atoms with Gasteiger partial charge >= 0.3 is 12.0 Å². The number of carbonyl (C=O) groups is 2. The molecule has 0 aliphatic carbocycles. The van der Waals surface area contributed by atoms with Crippen LogP contribution >= 0.6 is 0 Å². The van der Waals surface area contributed by atoms with E-state index in [1.54, 1.807) is 42.5 Å². The minimum Gasteiger partial charge on any atom is -0.493 e. The van der Waals surface area contributed by atoms with Crippen molar-refractivity contribution in [1.82, 2.24) is 5.32 Å². The van der Waals surface area contributed by atoms with Gasteiger partial charge in [0.25, 0.3) is 0 Å². The molecule has 0 heterocycles. The highest BCUT2D eigenvalue weighted by Gasteiger charge is 2.13. The monoisotopic (exact) mass is 330 g/mol. The first-order valence-electron chi connectivity index (χ1n) is 7.13. The zero-order valence-corrected chi connectivity index (χ0v) is 13.4. The lowest BCUT2D eigenvalue weighted by Gasteiger charge is -2.13. The number of para-hydroxylation sites is 3. The van der Waals surface area contributed by atoms with Gasteiger partial charge in [0.15, 0.2) is 18.2 Å². The van der Waals surface area contributed by atoms with Crippen molar-refractivity contribution >= 4 is 17.7 Å². The van der Waals surface area contributed by atoms with Gasteiger partial charge in [-0.15, -0.1) is 0 Å². The third-order valence-electron chi connectivity index (χ3n) is 3.11. The molecule has 2 aromatic rings. The number of ether oxygens (including phenoxy) is 3. The van der Waals surface area contributed by atoms with E-state index in [4.69, 9.17) is 9.47 Å². The van der Waals surface area contributed by atoms with E-state index in [1.165, 1.54) is 14.2 Å². The van der Waals surface area contributed by atoms with Gasteiger partial charge in [-0.1, -0.05) is 24.3 Å². The number of anilines is 1. The molecule has 7 nitrogen and oxygen atoms in total. The molecule has 126 valence electrons. The molecule has 24 heavy (non-hydrogen) atoms. The number of hydrogen-bond acceptors (Lipinski definition) is 5. The van der Waals surface area contributed by atoms with Crippen molar-refractivity contribution in [3.8, 4) is 11.5 Å². The molecule has 0 radical (unpaired) electrons. The molecular formula is C17H18N2O5. The van der Waals surface area contributed by atoms with Crippen LogP contribution in [0.4, 0.5) is 10.5 Å². The van der Waals surface area contributed by atoms with Gasteiger partial charge in [-0.3, -0.25) is 0 Å². The number of carbonyl (C=O) groups excluding carboxylic acids is 2. The summed E-state index contributed by atoms with van der Waals surface area (Å²) in [6.07, 6.45) is 0. The Morgan fingerprint density at radius 2 is 1.62 bits per heavy atom. The molecule has 0 saturated carbocycles. The molecule has 0 aliphatic heterocycles. The van der Waals surface area contributed by atoms with Gasteiger partial charge in [0.05, 0.1) is 25.5 Å². The van der Waals surface area contributed by atoms with Gasteiger partial charge < -0.3 is 24.8 Å². The Labute approximate surface area is 139 Å². The first kappa shape index (κ1) is 17.1. The van der Waals surface area contributed by atoms with E-state index >= 15 is 0 Å². The van der Waals surface area contributed by atoms with E-state index in [-0.39, 0.29) is 12.3 Å². The summed E-state index contributed by atoms with van der Waals surface area (Å²) < 4.78 is 15.3. The van der Waals surface area contributed by atoms with E-state index in [0.29, 0.717) is 17.2 Å². The van der Waals surface area contributed by atoms with Crippen molar-refractivity contribution in [3.63, 3.8) is 0 Å². The van der Waals surface area contributed by atoms with Gasteiger partial charge in [-0.2, -0.15) is 0 Å². The molecule has 0 aromatic heterocycles. The van der Waals surface area contributed by atoms with Crippen LogP contribution in [0.1, 0.15) is 10.4 Å². The SMILES string of the molecule is COC(=O)c1ccccc1NC(=O)NCOc1ccccc1OC. The van der Waals surface area contributed by atoms with Crippen LogP contribution in [-0.4, -0.2) is 33.0 Å². The fraction of sp³-hybridized carbons (Fsp3) is 0.176. The highest BCUT2D eigenvalue weighted by atomic mass is 16.5. The average Bonchev–Trinajstić information content (AvgIpc) is 2.62. The molecule has 0 aliphatic rings. The number of urea groups is 1. The summed E-state index contributed by atoms with van der Waals surface area (Å²) in [4.78, 5) is 23.6. The lowest BCUT2D eigenvalue weighted by atomic mass is 10.2. The summed E-state index contributed by atoms with van der Waals surface area (Å²) in [5, 5.41) is 5.11. The molecule has 2 rings (SSSR count). The van der Waals surface area contributed by atoms with Crippen molar-refractivity contribution < 1.29 is 23.8 Å². The van der Waals surface area contributed by atoms with E-state index in [1.807, 2.05) is 6.07 Å². The predicted molar refractivity (Wildman–Crippen MR) is 88.4 cm³/mol. The van der Waals surface area contributed by atoms with Crippen LogP contribution in [0.3, 0.4) is 0 Å². The lowest BCUT2D eigenvalue weighted by Crippen LogP contribution is -2.32. The zero-order chi connectivity index (χ0) is 17.4. The summed E-state index contributed by atoms with van der Waals surface area (Å²) in [7, 11) is 2.81. The number of methoxy groups -OCH3 is 2. The lowest BCUT2D eigenvalue weighted by molar-refractivity contribution is 0.0602. The molecule has 0 bridgehead atoms. The third-order valence-corrected chi connectivity index (χ3v) is 3.11. The Balaban J connectivity index is 1.91. The molecule has 0 atom stereocenters. The number of esters is 1. The van der Waals surface area contributed by atoms with Crippen molar-refractivity contribution in [2.45, 2.75) is 0 Å². The summed E-state index contributed by atoms with van der Waals surface area (Å²) in [5.41, 5.74) is 0.611. The van der Waals surface area contributed by atoms with Gasteiger partial charge in [0.2, 0.25) is 0 Å². The van der Waals surface area contributed by atoms with Crippen LogP contribution in [-0.2, 0) is 4.74 Å². The highest BCUT2D eigenvalue weighted by Crippen LogP contribution is 2.25. The Bertz CT molecular complexity index is 718. The van der Waals surface area contributed by atoms with Crippen molar-refractivity contribution in [1.29, 1.82) is 0 Å². The Kier molecular flexibility index (Phi) is 6.01. The van der Waals surface area contributed by atoms with E-state index in [9.17, 15) is 9.59 Å². The van der Waals surface area contributed by atoms with Crippen LogP contribution in [0.15, 0.2) is 48.5 Å². The van der Waals surface area contributed by atoms with Crippen molar-refractivity contribution in [2.24, 2.45) is 0 Å². The summed E-state index contributed by atoms with van der Waals surface area (Å²) in [6.45, 7) is -0.0629. The topological polar surface area (TPSA) is 85.9 Å². The number of hydrogen-bond donors (Lipinski definition) is 2. The fourth-order valence-corrected chi connectivity index (χ4v) is 1.96. The van der Waals surface area contributed by atoms with Gasteiger partial charge in [0, 0.05) is 0 Å². The second-order valence-corrected chi connectivity index (χ2v) is 4.61. The fourth-order valence-electron chi connectivity index (χ4n) is 1.96. The largest absolute Gasteiger partial charge is 0.493 e. The quantitative estimate of drug-likeness (QED) is 0.628. The molecule has 0 fully saturated rings. The van der Waals surface area contributed by atoms with Crippen molar-refractivity contribution in [2.75, 3.05) is 26.3 Å². The summed E-state index contributed by atoms with van der Waals surface area (Å²) >= 11 is 0. The third kappa shape index (κ3) is 4.39. The van der Waals surface area contributed by atoms with E-state index < -0.39 is 12.0 Å². The maximum absolute atomic E-state index is 11.9. The minimum atomic E-state index is -0.531. The van der Waals surface area contributed by atoms with Crippen LogP contribution in [0, 0.1) is 0 Å². The van der Waals surface area contributed by atoms with Crippen molar-refractivity contribution in [3.05, 3.63) is 54.1 Å². The second-order valence-electron chi connectivity index (χ2n) is 4.61. The Morgan fingerprint density at radius 3 is 2.33 bits per heavy atom. The van der Waals surface area contributed by atoms with E-state index in [2.05, 4.69) is 15.4 Å². The van der Waals surface area contributed by atoms with Gasteiger partial charge in [0.1, 0.15) is 0 Å². The molecule has 7 heteroatoms. The van der Waals surface area contributed by atoms with Crippen LogP contribution in [0.2, 0.25) is 0 Å². The van der Waals surface area contributed by atoms with Crippen LogP contribution < -0.4 is 20.1 Å². The maximum atomic E-state index is 11.9.